The Hall–Kier alpha value is -5.46. The highest BCUT2D eigenvalue weighted by Crippen LogP contribution is 2.17. The number of aliphatic hydroxyl groups excluding tert-OH is 2. The molecule has 4 rings (SSSR count). The van der Waals surface area contributed by atoms with E-state index in [1.807, 2.05) is 60.7 Å². The van der Waals surface area contributed by atoms with Gasteiger partial charge in [0.25, 0.3) is 11.8 Å². The molecule has 6 atom stereocenters. The summed E-state index contributed by atoms with van der Waals surface area (Å²) in [7, 11) is 0. The average molecular weight is 709 g/mol. The van der Waals surface area contributed by atoms with Crippen molar-refractivity contribution >= 4 is 23.6 Å². The van der Waals surface area contributed by atoms with Crippen LogP contribution in [0.5, 0.6) is 0 Å². The third-order valence-electron chi connectivity index (χ3n) is 8.69. The number of hydrogen-bond donors (Lipinski definition) is 6. The first-order valence-corrected chi connectivity index (χ1v) is 17.4. The van der Waals surface area contributed by atoms with Gasteiger partial charge in [0.2, 0.25) is 11.8 Å². The molecule has 3 unspecified atom stereocenters. The number of aromatic nitrogens is 2. The normalized spacial score (nSPS) is 14.7. The second kappa shape index (κ2) is 19.2. The maximum absolute atomic E-state index is 13.8. The molecule has 0 aliphatic heterocycles. The lowest BCUT2D eigenvalue weighted by molar-refractivity contribution is -0.129. The number of hydrogen-bond acceptors (Lipinski definition) is 8. The summed E-state index contributed by atoms with van der Waals surface area (Å²) in [6.07, 6.45) is 0.0520. The van der Waals surface area contributed by atoms with Crippen LogP contribution in [0.25, 0.3) is 0 Å². The van der Waals surface area contributed by atoms with E-state index >= 15 is 0 Å². The van der Waals surface area contributed by atoms with Gasteiger partial charge < -0.3 is 31.5 Å². The molecule has 4 amide bonds. The van der Waals surface area contributed by atoms with E-state index in [9.17, 15) is 29.4 Å². The molecule has 0 saturated heterocycles. The van der Waals surface area contributed by atoms with Crippen LogP contribution in [0.2, 0.25) is 0 Å². The van der Waals surface area contributed by atoms with E-state index in [0.29, 0.717) is 0 Å². The highest BCUT2D eigenvalue weighted by Gasteiger charge is 2.37. The standard InChI is InChI=1S/C40H48N6O6/c1-25(2)33(45-37(49)29-19-11-13-21-41-29)39(51)43-31(23-27-15-7-5-8-16-27)35(47)36(48)32(24-28-17-9-6-10-18-28)44-40(52)34(26(3)4)46-38(50)30-20-12-14-22-42-30/h5-22,25-26,31-36,47-48H,23-24H2,1-4H3,(H,43,51)(H,44,52)(H,45,49)(H,46,50)/t31-,32?,33-,34-,35?,36?/m0/s1. The molecule has 0 radical (unpaired) electrons. The van der Waals surface area contributed by atoms with Crippen LogP contribution in [-0.2, 0) is 22.4 Å². The van der Waals surface area contributed by atoms with Crippen molar-refractivity contribution in [3.8, 4) is 0 Å². The van der Waals surface area contributed by atoms with Gasteiger partial charge in [-0.3, -0.25) is 29.1 Å². The molecule has 0 spiro atoms. The molecule has 0 bridgehead atoms. The molecule has 2 aromatic carbocycles. The molecule has 0 aliphatic rings. The summed E-state index contributed by atoms with van der Waals surface area (Å²) in [5.74, 6) is -2.87. The highest BCUT2D eigenvalue weighted by atomic mass is 16.3. The van der Waals surface area contributed by atoms with Crippen molar-refractivity contribution in [2.75, 3.05) is 0 Å². The van der Waals surface area contributed by atoms with Gasteiger partial charge >= 0.3 is 0 Å². The maximum Gasteiger partial charge on any atom is 0.270 e. The van der Waals surface area contributed by atoms with Crippen LogP contribution in [0, 0.1) is 11.8 Å². The number of nitrogens with zero attached hydrogens (tertiary/aromatic N) is 2. The van der Waals surface area contributed by atoms with Crippen molar-refractivity contribution in [1.82, 2.24) is 31.2 Å². The van der Waals surface area contributed by atoms with Gasteiger partial charge in [-0.15, -0.1) is 0 Å². The number of rotatable bonds is 17. The van der Waals surface area contributed by atoms with E-state index < -0.39 is 60.0 Å². The van der Waals surface area contributed by atoms with E-state index in [2.05, 4.69) is 31.2 Å². The highest BCUT2D eigenvalue weighted by molar-refractivity contribution is 5.97. The lowest BCUT2D eigenvalue weighted by Gasteiger charge is -2.35. The van der Waals surface area contributed by atoms with Gasteiger partial charge in [-0.25, -0.2) is 0 Å². The van der Waals surface area contributed by atoms with Gasteiger partial charge in [0.05, 0.1) is 12.1 Å². The number of carbonyl (C=O) groups is 4. The van der Waals surface area contributed by atoms with E-state index in [-0.39, 0.29) is 36.1 Å². The number of benzene rings is 2. The smallest absolute Gasteiger partial charge is 0.270 e. The van der Waals surface area contributed by atoms with Crippen LogP contribution in [0.1, 0.15) is 59.8 Å². The number of amides is 4. The zero-order valence-electron chi connectivity index (χ0n) is 29.8. The molecular weight excluding hydrogens is 660 g/mol. The van der Waals surface area contributed by atoms with Crippen LogP contribution in [0.15, 0.2) is 109 Å². The van der Waals surface area contributed by atoms with Crippen LogP contribution >= 0.6 is 0 Å². The zero-order chi connectivity index (χ0) is 37.6. The Morgan fingerprint density at radius 3 is 1.17 bits per heavy atom. The first-order chi connectivity index (χ1) is 24.9. The van der Waals surface area contributed by atoms with Gasteiger partial charge in [-0.05, 0) is 60.1 Å². The Bertz CT molecular complexity index is 1600. The molecule has 6 N–H and O–H groups in total. The quantitative estimate of drug-likeness (QED) is 0.0968. The van der Waals surface area contributed by atoms with E-state index in [4.69, 9.17) is 0 Å². The summed E-state index contributed by atoms with van der Waals surface area (Å²) in [4.78, 5) is 61.8. The summed E-state index contributed by atoms with van der Waals surface area (Å²) in [6, 6.07) is 24.0. The van der Waals surface area contributed by atoms with Crippen molar-refractivity contribution in [2.45, 2.75) is 76.9 Å². The molecule has 0 aliphatic carbocycles. The van der Waals surface area contributed by atoms with Crippen molar-refractivity contribution in [3.63, 3.8) is 0 Å². The van der Waals surface area contributed by atoms with Gasteiger partial charge in [0.1, 0.15) is 35.7 Å². The molecule has 52 heavy (non-hydrogen) atoms. The number of carbonyl (C=O) groups excluding carboxylic acids is 4. The summed E-state index contributed by atoms with van der Waals surface area (Å²) in [6.45, 7) is 7.13. The van der Waals surface area contributed by atoms with Crippen molar-refractivity contribution in [1.29, 1.82) is 0 Å². The molecule has 0 fully saturated rings. The van der Waals surface area contributed by atoms with E-state index in [1.165, 1.54) is 24.5 Å². The first-order valence-electron chi connectivity index (χ1n) is 17.4. The summed E-state index contributed by atoms with van der Waals surface area (Å²) >= 11 is 0. The Balaban J connectivity index is 1.60. The Labute approximate surface area is 304 Å². The lowest BCUT2D eigenvalue weighted by atomic mass is 9.90. The van der Waals surface area contributed by atoms with E-state index in [0.717, 1.165) is 11.1 Å². The van der Waals surface area contributed by atoms with Crippen LogP contribution < -0.4 is 21.3 Å². The number of aliphatic hydroxyl groups is 2. The maximum atomic E-state index is 13.8. The number of nitrogens with one attached hydrogen (secondary N) is 4. The molecular formula is C40H48N6O6. The lowest BCUT2D eigenvalue weighted by Crippen LogP contribution is -2.61. The Kier molecular flexibility index (Phi) is 14.5. The van der Waals surface area contributed by atoms with Crippen LogP contribution in [0.4, 0.5) is 0 Å². The zero-order valence-corrected chi connectivity index (χ0v) is 29.8. The molecule has 274 valence electrons. The minimum absolute atomic E-state index is 0.130. The van der Waals surface area contributed by atoms with Crippen LogP contribution in [0.3, 0.4) is 0 Å². The second-order valence-electron chi connectivity index (χ2n) is 13.4. The third kappa shape index (κ3) is 11.3. The minimum Gasteiger partial charge on any atom is -0.388 e. The SMILES string of the molecule is CC(C)[C@H](NC(=O)c1ccccn1)C(=O)NC(Cc1ccccc1)C(O)C(O)[C@H](Cc1ccccc1)NC(=O)[C@@H](NC(=O)c1ccccn1)C(C)C. The van der Waals surface area contributed by atoms with Crippen molar-refractivity contribution in [3.05, 3.63) is 132 Å². The van der Waals surface area contributed by atoms with Gasteiger partial charge in [-0.1, -0.05) is 100 Å². The monoisotopic (exact) mass is 708 g/mol. The predicted molar refractivity (Wildman–Crippen MR) is 197 cm³/mol. The Morgan fingerprint density at radius 1 is 0.519 bits per heavy atom. The van der Waals surface area contributed by atoms with Gasteiger partial charge in [0, 0.05) is 12.4 Å². The summed E-state index contributed by atoms with van der Waals surface area (Å²) in [5, 5.41) is 35.0. The van der Waals surface area contributed by atoms with Crippen molar-refractivity contribution < 1.29 is 29.4 Å². The first kappa shape index (κ1) is 39.3. The fraction of sp³-hybridized carbons (Fsp3) is 0.350. The predicted octanol–water partition coefficient (Wildman–Crippen LogP) is 2.86. The Morgan fingerprint density at radius 2 is 0.865 bits per heavy atom. The summed E-state index contributed by atoms with van der Waals surface area (Å²) < 4.78 is 0. The molecule has 2 aromatic heterocycles. The molecule has 4 aromatic rings. The molecule has 12 nitrogen and oxygen atoms in total. The molecule has 0 saturated carbocycles. The average Bonchev–Trinajstić information content (AvgIpc) is 3.15. The van der Waals surface area contributed by atoms with Crippen molar-refractivity contribution in [2.24, 2.45) is 11.8 Å². The second-order valence-corrected chi connectivity index (χ2v) is 13.4. The topological polar surface area (TPSA) is 183 Å². The fourth-order valence-corrected chi connectivity index (χ4v) is 5.77. The molecule has 2 heterocycles. The van der Waals surface area contributed by atoms with E-state index in [1.54, 1.807) is 52.0 Å². The fourth-order valence-electron chi connectivity index (χ4n) is 5.77. The third-order valence-corrected chi connectivity index (χ3v) is 8.69. The largest absolute Gasteiger partial charge is 0.388 e. The molecule has 12 heteroatoms. The van der Waals surface area contributed by atoms with Gasteiger partial charge in [0.15, 0.2) is 0 Å². The number of pyridine rings is 2. The van der Waals surface area contributed by atoms with Crippen LogP contribution in [-0.4, -0.2) is 80.2 Å². The van der Waals surface area contributed by atoms with Gasteiger partial charge in [-0.2, -0.15) is 0 Å². The summed E-state index contributed by atoms with van der Waals surface area (Å²) in [5.41, 5.74) is 1.84. The minimum atomic E-state index is -1.59.